The van der Waals surface area contributed by atoms with Crippen LogP contribution >= 0.6 is 0 Å². The first kappa shape index (κ1) is 46.7. The molecule has 2 atom stereocenters. The van der Waals surface area contributed by atoms with Crippen molar-refractivity contribution < 1.29 is 0 Å². The SMILES string of the molecule is Cc1cc2c3c(c1)N(c1ccc(C(C)(C)C)cc1-c1ccccc1)c1cc(N4c5ccc(-c6ccncc6)cc5C5(C)CCCCC45C)ccc1B3c1cc3c(cc1N2c1ccc2c(c1)CC(C)(C)C2)CC(C)(C)C3. The molecule has 0 N–H and O–H groups in total. The molecule has 3 aliphatic heterocycles. The van der Waals surface area contributed by atoms with Gasteiger partial charge in [-0.15, -0.1) is 0 Å². The summed E-state index contributed by atoms with van der Waals surface area (Å²) in [4.78, 5) is 12.5. The van der Waals surface area contributed by atoms with E-state index in [4.69, 9.17) is 0 Å². The van der Waals surface area contributed by atoms with E-state index < -0.39 is 0 Å². The average molecular weight is 979 g/mol. The van der Waals surface area contributed by atoms with Crippen LogP contribution in [0.25, 0.3) is 22.3 Å². The number of pyridine rings is 1. The third-order valence-corrected chi connectivity index (χ3v) is 19.2. The molecule has 8 aromatic rings. The van der Waals surface area contributed by atoms with Gasteiger partial charge in [-0.05, 0) is 220 Å². The summed E-state index contributed by atoms with van der Waals surface area (Å²) in [5.74, 6) is 0. The Morgan fingerprint density at radius 3 is 1.89 bits per heavy atom. The molecule has 14 rings (SSSR count). The highest BCUT2D eigenvalue weighted by molar-refractivity contribution is 7.00. The predicted octanol–water partition coefficient (Wildman–Crippen LogP) is 16.1. The highest BCUT2D eigenvalue weighted by Gasteiger charge is 2.58. The summed E-state index contributed by atoms with van der Waals surface area (Å²) in [6, 6.07) is 55.6. The lowest BCUT2D eigenvalue weighted by Crippen LogP contribution is -2.61. The van der Waals surface area contributed by atoms with Gasteiger partial charge in [0.25, 0.3) is 6.71 Å². The van der Waals surface area contributed by atoms with E-state index in [0.29, 0.717) is 0 Å². The predicted molar refractivity (Wildman–Crippen MR) is 318 cm³/mol. The molecule has 1 aromatic heterocycles. The minimum absolute atomic E-state index is 0.0304. The van der Waals surface area contributed by atoms with Gasteiger partial charge in [0, 0.05) is 63.2 Å². The molecule has 3 aliphatic carbocycles. The largest absolute Gasteiger partial charge is 0.334 e. The second-order valence-corrected chi connectivity index (χ2v) is 26.7. The summed E-state index contributed by atoms with van der Waals surface area (Å²) in [6.07, 6.45) is 13.0. The van der Waals surface area contributed by atoms with Crippen LogP contribution in [0.4, 0.5) is 45.5 Å². The molecule has 0 bridgehead atoms. The number of nitrogens with zero attached hydrogens (tertiary/aromatic N) is 4. The van der Waals surface area contributed by atoms with Crippen molar-refractivity contribution in [3.05, 3.63) is 191 Å². The Morgan fingerprint density at radius 1 is 0.493 bits per heavy atom. The zero-order valence-corrected chi connectivity index (χ0v) is 46.0. The number of aryl methyl sites for hydroxylation is 1. The van der Waals surface area contributed by atoms with E-state index in [-0.39, 0.29) is 33.9 Å². The highest BCUT2D eigenvalue weighted by atomic mass is 15.3. The van der Waals surface area contributed by atoms with Crippen LogP contribution in [0.5, 0.6) is 0 Å². The van der Waals surface area contributed by atoms with Gasteiger partial charge in [-0.3, -0.25) is 4.98 Å². The molecule has 374 valence electrons. The fraction of sp³-hybridized carbons (Fsp3) is 0.329. The summed E-state index contributed by atoms with van der Waals surface area (Å²) in [5, 5.41) is 0. The zero-order valence-electron chi connectivity index (χ0n) is 46.0. The lowest BCUT2D eigenvalue weighted by molar-refractivity contribution is 0.195. The number of anilines is 8. The molecule has 0 amide bonds. The first-order valence-electron chi connectivity index (χ1n) is 28.1. The molecule has 4 heterocycles. The maximum absolute atomic E-state index is 4.38. The second kappa shape index (κ2) is 16.1. The van der Waals surface area contributed by atoms with Crippen molar-refractivity contribution in [2.45, 2.75) is 137 Å². The van der Waals surface area contributed by atoms with E-state index >= 15 is 0 Å². The van der Waals surface area contributed by atoms with Crippen molar-refractivity contribution in [2.75, 3.05) is 14.7 Å². The average Bonchev–Trinajstić information content (AvgIpc) is 3.95. The lowest BCUT2D eigenvalue weighted by Gasteiger charge is -2.50. The Balaban J connectivity index is 1.05. The monoisotopic (exact) mass is 979 g/mol. The summed E-state index contributed by atoms with van der Waals surface area (Å²) in [5.41, 5.74) is 29.8. The minimum atomic E-state index is -0.125. The molecule has 0 spiro atoms. The van der Waals surface area contributed by atoms with E-state index in [1.165, 1.54) is 142 Å². The molecule has 75 heavy (non-hydrogen) atoms. The standard InChI is InChI=1S/C70H71BN4/c1-44-32-63-65-64(33-44)74(59-25-20-52(66(2,3)4)38-55(59)46-16-12-11-13-17-46)62-39-54(75-60-24-19-47(45-26-30-72-31-27-45)35-56(60)69(9)28-14-15-29-70(69,75)10)22-23-57(62)71(65)58-36-50-42-68(7,8)43-51(50)37-61(58)73(63)53-21-18-48-40-67(5,6)41-49(48)34-53/h11-13,16-27,30-39H,14-15,28-29,40-43H2,1-10H3. The van der Waals surface area contributed by atoms with E-state index in [1.54, 1.807) is 0 Å². The highest BCUT2D eigenvalue weighted by Crippen LogP contribution is 2.62. The van der Waals surface area contributed by atoms with Crippen LogP contribution < -0.4 is 31.1 Å². The van der Waals surface area contributed by atoms with Gasteiger partial charge in [0.15, 0.2) is 0 Å². The molecule has 6 aliphatic rings. The van der Waals surface area contributed by atoms with Crippen molar-refractivity contribution in [1.82, 2.24) is 4.98 Å². The van der Waals surface area contributed by atoms with Crippen LogP contribution in [0.3, 0.4) is 0 Å². The molecule has 7 aromatic carbocycles. The lowest BCUT2D eigenvalue weighted by atomic mass is 9.33. The van der Waals surface area contributed by atoms with Crippen molar-refractivity contribution in [3.63, 3.8) is 0 Å². The Morgan fingerprint density at radius 2 is 1.15 bits per heavy atom. The molecule has 1 saturated carbocycles. The van der Waals surface area contributed by atoms with Crippen LogP contribution in [-0.2, 0) is 36.5 Å². The van der Waals surface area contributed by atoms with Gasteiger partial charge in [0.05, 0.1) is 11.2 Å². The Bertz CT molecular complexity index is 3680. The van der Waals surface area contributed by atoms with Gasteiger partial charge in [0.2, 0.25) is 0 Å². The number of hydrogen-bond donors (Lipinski definition) is 0. The smallest absolute Gasteiger partial charge is 0.252 e. The fourth-order valence-electron chi connectivity index (χ4n) is 15.4. The quantitative estimate of drug-likeness (QED) is 0.160. The summed E-state index contributed by atoms with van der Waals surface area (Å²) >= 11 is 0. The molecule has 4 nitrogen and oxygen atoms in total. The summed E-state index contributed by atoms with van der Waals surface area (Å²) in [6.45, 7) is 24.3. The van der Waals surface area contributed by atoms with E-state index in [1.807, 2.05) is 12.4 Å². The van der Waals surface area contributed by atoms with Gasteiger partial charge >= 0.3 is 0 Å². The number of benzene rings is 7. The van der Waals surface area contributed by atoms with E-state index in [9.17, 15) is 0 Å². The molecular formula is C70H71BN4. The van der Waals surface area contributed by atoms with E-state index in [2.05, 4.69) is 228 Å². The summed E-state index contributed by atoms with van der Waals surface area (Å²) < 4.78 is 0. The molecule has 1 fully saturated rings. The van der Waals surface area contributed by atoms with Crippen LogP contribution in [0.2, 0.25) is 0 Å². The normalized spacial score (nSPS) is 21.3. The first-order valence-corrected chi connectivity index (χ1v) is 28.1. The van der Waals surface area contributed by atoms with Crippen LogP contribution in [0.1, 0.15) is 127 Å². The zero-order chi connectivity index (χ0) is 51.6. The number of rotatable bonds is 5. The van der Waals surface area contributed by atoms with Crippen molar-refractivity contribution in [2.24, 2.45) is 10.8 Å². The summed E-state index contributed by atoms with van der Waals surface area (Å²) in [7, 11) is 0. The van der Waals surface area contributed by atoms with Gasteiger partial charge in [-0.25, -0.2) is 0 Å². The third kappa shape index (κ3) is 7.05. The Labute approximate surface area is 447 Å². The first-order chi connectivity index (χ1) is 35.9. The molecule has 0 radical (unpaired) electrons. The number of fused-ring (bicyclic) bond motifs is 9. The molecular weight excluding hydrogens is 908 g/mol. The third-order valence-electron chi connectivity index (χ3n) is 19.2. The van der Waals surface area contributed by atoms with Gasteiger partial charge in [0.1, 0.15) is 0 Å². The Hall–Kier alpha value is -6.85. The van der Waals surface area contributed by atoms with E-state index in [0.717, 1.165) is 32.1 Å². The Kier molecular flexibility index (Phi) is 10.0. The van der Waals surface area contributed by atoms with Crippen LogP contribution in [-0.4, -0.2) is 17.2 Å². The van der Waals surface area contributed by atoms with Gasteiger partial charge < -0.3 is 14.7 Å². The fourth-order valence-corrected chi connectivity index (χ4v) is 15.4. The van der Waals surface area contributed by atoms with Gasteiger partial charge in [-0.2, -0.15) is 0 Å². The number of aromatic nitrogens is 1. The maximum atomic E-state index is 4.38. The van der Waals surface area contributed by atoms with Crippen molar-refractivity contribution >= 4 is 68.6 Å². The van der Waals surface area contributed by atoms with Crippen LogP contribution in [0.15, 0.2) is 152 Å². The topological polar surface area (TPSA) is 22.6 Å². The number of hydrogen-bond acceptors (Lipinski definition) is 4. The molecule has 0 saturated heterocycles. The van der Waals surface area contributed by atoms with Gasteiger partial charge in [-0.1, -0.05) is 129 Å². The maximum Gasteiger partial charge on any atom is 0.252 e. The van der Waals surface area contributed by atoms with Crippen molar-refractivity contribution in [3.8, 4) is 22.3 Å². The minimum Gasteiger partial charge on any atom is -0.334 e. The second-order valence-electron chi connectivity index (χ2n) is 26.7. The molecule has 5 heteroatoms. The van der Waals surface area contributed by atoms with Crippen LogP contribution in [0, 0.1) is 17.8 Å². The van der Waals surface area contributed by atoms with Crippen molar-refractivity contribution in [1.29, 1.82) is 0 Å². The molecule has 2 unspecified atom stereocenters.